The molecule has 1 saturated heterocycles. The third-order valence-electron chi connectivity index (χ3n) is 6.61. The summed E-state index contributed by atoms with van der Waals surface area (Å²) in [5.41, 5.74) is 8.66. The number of piperazine rings is 1. The van der Waals surface area contributed by atoms with Crippen LogP contribution in [0, 0.1) is 0 Å². The first-order valence-corrected chi connectivity index (χ1v) is 12.6. The summed E-state index contributed by atoms with van der Waals surface area (Å²) < 4.78 is 1.17. The highest BCUT2D eigenvalue weighted by atomic mass is 32.1. The van der Waals surface area contributed by atoms with Crippen LogP contribution in [0.2, 0.25) is 0 Å². The number of rotatable bonds is 4. The molecular formula is C28H25N5OS. The second-order valence-electron chi connectivity index (χ2n) is 8.92. The van der Waals surface area contributed by atoms with Crippen molar-refractivity contribution in [1.82, 2.24) is 19.8 Å². The molecule has 6 rings (SSSR count). The van der Waals surface area contributed by atoms with Crippen molar-refractivity contribution in [3.05, 3.63) is 84.0 Å². The van der Waals surface area contributed by atoms with Gasteiger partial charge in [0.1, 0.15) is 0 Å². The summed E-state index contributed by atoms with van der Waals surface area (Å²) in [4.78, 5) is 26.1. The van der Waals surface area contributed by atoms with Crippen LogP contribution in [0.4, 0.5) is 11.4 Å². The van der Waals surface area contributed by atoms with E-state index in [1.807, 2.05) is 53.0 Å². The average molecular weight is 480 g/mol. The number of thiazole rings is 1. The molecule has 0 atom stereocenters. The normalized spacial score (nSPS) is 14.5. The number of carbonyl (C=O) groups is 1. The Labute approximate surface area is 207 Å². The predicted molar refractivity (Wildman–Crippen MR) is 143 cm³/mol. The molecule has 0 bridgehead atoms. The summed E-state index contributed by atoms with van der Waals surface area (Å²) in [5, 5.41) is 4.58. The Bertz CT molecular complexity index is 1520. The van der Waals surface area contributed by atoms with Crippen LogP contribution in [0.5, 0.6) is 0 Å². The second kappa shape index (κ2) is 9.09. The minimum Gasteiger partial charge on any atom is -0.355 e. The molecule has 0 radical (unpaired) electrons. The third-order valence-corrected chi connectivity index (χ3v) is 7.42. The minimum absolute atomic E-state index is 0.107. The minimum atomic E-state index is 0.107. The summed E-state index contributed by atoms with van der Waals surface area (Å²) >= 11 is 1.64. The molecule has 1 aliphatic rings. The average Bonchev–Trinajstić information content (AvgIpc) is 3.37. The van der Waals surface area contributed by atoms with Crippen LogP contribution >= 0.6 is 11.3 Å². The van der Waals surface area contributed by atoms with E-state index >= 15 is 0 Å². The van der Waals surface area contributed by atoms with Gasteiger partial charge in [0.2, 0.25) is 0 Å². The number of nitrogens with one attached hydrogen (secondary N) is 1. The molecule has 1 N–H and O–H groups in total. The monoisotopic (exact) mass is 479 g/mol. The molecule has 1 amide bonds. The summed E-state index contributed by atoms with van der Waals surface area (Å²) in [5.74, 6) is 0.107. The Morgan fingerprint density at radius 3 is 2.49 bits per heavy atom. The largest absolute Gasteiger partial charge is 0.355 e. The van der Waals surface area contributed by atoms with Crippen molar-refractivity contribution in [1.29, 1.82) is 0 Å². The molecule has 35 heavy (non-hydrogen) atoms. The fourth-order valence-electron chi connectivity index (χ4n) is 4.52. The summed E-state index contributed by atoms with van der Waals surface area (Å²) in [6.07, 6.45) is 1.82. The van der Waals surface area contributed by atoms with Gasteiger partial charge in [0.05, 0.1) is 21.2 Å². The number of anilines is 2. The van der Waals surface area contributed by atoms with Crippen LogP contribution in [0.1, 0.15) is 10.4 Å². The highest BCUT2D eigenvalue weighted by molar-refractivity contribution is 7.16. The van der Waals surface area contributed by atoms with E-state index in [1.54, 1.807) is 11.3 Å². The zero-order chi connectivity index (χ0) is 23.8. The highest BCUT2D eigenvalue weighted by Gasteiger charge is 2.20. The van der Waals surface area contributed by atoms with Crippen molar-refractivity contribution < 1.29 is 4.79 Å². The van der Waals surface area contributed by atoms with Gasteiger partial charge in [-0.25, -0.2) is 4.98 Å². The topological polar surface area (TPSA) is 61.4 Å². The molecule has 0 unspecified atom stereocenters. The number of hydrogen-bond donors (Lipinski definition) is 1. The Morgan fingerprint density at radius 1 is 0.857 bits per heavy atom. The van der Waals surface area contributed by atoms with Crippen molar-refractivity contribution in [2.75, 3.05) is 38.5 Å². The predicted octanol–water partition coefficient (Wildman–Crippen LogP) is 5.64. The van der Waals surface area contributed by atoms with Crippen molar-refractivity contribution in [2.45, 2.75) is 0 Å². The third kappa shape index (κ3) is 4.36. The van der Waals surface area contributed by atoms with Crippen molar-refractivity contribution in [3.63, 3.8) is 0 Å². The Balaban J connectivity index is 1.27. The van der Waals surface area contributed by atoms with E-state index in [1.165, 1.54) is 4.70 Å². The lowest BCUT2D eigenvalue weighted by molar-refractivity contribution is 0.0664. The van der Waals surface area contributed by atoms with Gasteiger partial charge in [0, 0.05) is 54.7 Å². The van der Waals surface area contributed by atoms with Gasteiger partial charge < -0.3 is 15.1 Å². The Kier molecular flexibility index (Phi) is 5.64. The van der Waals surface area contributed by atoms with E-state index in [4.69, 9.17) is 0 Å². The molecule has 7 heteroatoms. The molecule has 1 fully saturated rings. The van der Waals surface area contributed by atoms with Gasteiger partial charge >= 0.3 is 0 Å². The molecule has 0 saturated carbocycles. The number of benzene rings is 3. The molecule has 3 heterocycles. The van der Waals surface area contributed by atoms with E-state index in [9.17, 15) is 4.79 Å². The molecule has 1 aliphatic heterocycles. The Morgan fingerprint density at radius 2 is 1.66 bits per heavy atom. The van der Waals surface area contributed by atoms with Crippen LogP contribution in [0.25, 0.3) is 32.2 Å². The number of nitrogens with zero attached hydrogens (tertiary/aromatic N) is 4. The van der Waals surface area contributed by atoms with E-state index in [2.05, 4.69) is 57.6 Å². The first-order valence-electron chi connectivity index (χ1n) is 11.7. The van der Waals surface area contributed by atoms with Crippen LogP contribution in [0.3, 0.4) is 0 Å². The Hall–Kier alpha value is -3.81. The van der Waals surface area contributed by atoms with Crippen LogP contribution in [-0.4, -0.2) is 58.9 Å². The zero-order valence-electron chi connectivity index (χ0n) is 19.4. The standard InChI is InChI=1S/C28H25N5OS/c1-32-12-14-33(15-13-32)28(34)20-4-2-19(3-5-20)21-6-8-24-23(16-21)25(10-11-29-24)31-22-7-9-27-26(17-22)30-18-35-27/h2-11,16-18H,12-15H2,1H3,(H,29,31). The first-order chi connectivity index (χ1) is 17.1. The summed E-state index contributed by atoms with van der Waals surface area (Å²) in [6.45, 7) is 3.39. The van der Waals surface area contributed by atoms with Crippen LogP contribution < -0.4 is 5.32 Å². The SMILES string of the molecule is CN1CCN(C(=O)c2ccc(-c3ccc4nccc(Nc5ccc6scnc6c5)c4c3)cc2)CC1. The van der Waals surface area contributed by atoms with Crippen LogP contribution in [0.15, 0.2) is 78.4 Å². The molecular weight excluding hydrogens is 454 g/mol. The van der Waals surface area contributed by atoms with Gasteiger partial charge in [-0.1, -0.05) is 18.2 Å². The van der Waals surface area contributed by atoms with Gasteiger partial charge in [0.15, 0.2) is 0 Å². The lowest BCUT2D eigenvalue weighted by Crippen LogP contribution is -2.47. The van der Waals surface area contributed by atoms with Crippen molar-refractivity contribution in [2.24, 2.45) is 0 Å². The van der Waals surface area contributed by atoms with Gasteiger partial charge in [-0.05, 0) is 66.7 Å². The number of amides is 1. The van der Waals surface area contributed by atoms with E-state index < -0.39 is 0 Å². The number of aromatic nitrogens is 2. The molecule has 0 aliphatic carbocycles. The zero-order valence-corrected chi connectivity index (χ0v) is 20.3. The molecule has 0 spiro atoms. The number of pyridine rings is 1. The molecule has 5 aromatic rings. The van der Waals surface area contributed by atoms with E-state index in [0.717, 1.165) is 70.7 Å². The number of carbonyl (C=O) groups excluding carboxylic acids is 1. The number of hydrogen-bond acceptors (Lipinski definition) is 6. The van der Waals surface area contributed by atoms with E-state index in [-0.39, 0.29) is 5.91 Å². The molecule has 2 aromatic heterocycles. The maximum atomic E-state index is 12.9. The summed E-state index contributed by atoms with van der Waals surface area (Å²) in [7, 11) is 2.09. The number of likely N-dealkylation sites (N-methyl/N-ethyl adjacent to an activating group) is 1. The van der Waals surface area contributed by atoms with Gasteiger partial charge in [-0.3, -0.25) is 9.78 Å². The quantitative estimate of drug-likeness (QED) is 0.361. The lowest BCUT2D eigenvalue weighted by atomic mass is 10.0. The molecule has 3 aromatic carbocycles. The number of fused-ring (bicyclic) bond motifs is 2. The first kappa shape index (κ1) is 21.7. The molecule has 6 nitrogen and oxygen atoms in total. The molecule has 174 valence electrons. The van der Waals surface area contributed by atoms with Crippen molar-refractivity contribution in [3.8, 4) is 11.1 Å². The fraction of sp³-hybridized carbons (Fsp3) is 0.179. The smallest absolute Gasteiger partial charge is 0.253 e. The van der Waals surface area contributed by atoms with Crippen molar-refractivity contribution >= 4 is 49.7 Å². The van der Waals surface area contributed by atoms with Gasteiger partial charge in [-0.15, -0.1) is 11.3 Å². The van der Waals surface area contributed by atoms with Gasteiger partial charge in [-0.2, -0.15) is 0 Å². The van der Waals surface area contributed by atoms with E-state index in [0.29, 0.717) is 0 Å². The maximum absolute atomic E-state index is 12.9. The van der Waals surface area contributed by atoms with Gasteiger partial charge in [0.25, 0.3) is 5.91 Å². The maximum Gasteiger partial charge on any atom is 0.253 e. The highest BCUT2D eigenvalue weighted by Crippen LogP contribution is 2.31. The summed E-state index contributed by atoms with van der Waals surface area (Å²) in [6, 6.07) is 22.4. The fourth-order valence-corrected chi connectivity index (χ4v) is 5.18. The second-order valence-corrected chi connectivity index (χ2v) is 9.81. The lowest BCUT2D eigenvalue weighted by Gasteiger charge is -2.32. The van der Waals surface area contributed by atoms with Crippen LogP contribution in [-0.2, 0) is 0 Å².